The summed E-state index contributed by atoms with van der Waals surface area (Å²) in [5.74, 6) is 2.35. The summed E-state index contributed by atoms with van der Waals surface area (Å²) in [5.41, 5.74) is 2.42. The van der Waals surface area contributed by atoms with Crippen molar-refractivity contribution in [3.8, 4) is 5.75 Å². The Kier molecular flexibility index (Phi) is 4.11. The summed E-state index contributed by atoms with van der Waals surface area (Å²) in [7, 11) is 1.87. The van der Waals surface area contributed by atoms with Crippen molar-refractivity contribution in [2.75, 3.05) is 18.0 Å². The van der Waals surface area contributed by atoms with E-state index in [4.69, 9.17) is 4.74 Å². The van der Waals surface area contributed by atoms with Gasteiger partial charge < -0.3 is 4.74 Å². The Balaban J connectivity index is 1.63. The summed E-state index contributed by atoms with van der Waals surface area (Å²) in [6.45, 7) is 3.17. The Morgan fingerprint density at radius 3 is 2.71 bits per heavy atom. The van der Waals surface area contributed by atoms with Crippen LogP contribution in [-0.2, 0) is 0 Å². The maximum atomic E-state index is 6.34. The molecule has 5 nitrogen and oxygen atoms in total. The lowest BCUT2D eigenvalue weighted by Gasteiger charge is -2.33. The first-order valence-corrected chi connectivity index (χ1v) is 9.40. The van der Waals surface area contributed by atoms with Crippen molar-refractivity contribution in [2.45, 2.75) is 57.8 Å². The van der Waals surface area contributed by atoms with E-state index in [1.807, 2.05) is 17.5 Å². The highest BCUT2D eigenvalue weighted by Gasteiger charge is 2.31. The van der Waals surface area contributed by atoms with E-state index in [0.717, 1.165) is 24.0 Å². The zero-order valence-corrected chi connectivity index (χ0v) is 15.4. The molecule has 2 saturated carbocycles. The van der Waals surface area contributed by atoms with E-state index in [9.17, 15) is 0 Å². The minimum atomic E-state index is 0.315. The fourth-order valence-corrected chi connectivity index (χ4v) is 3.90. The molecule has 0 aliphatic heterocycles. The smallest absolute Gasteiger partial charge is 0.241 e. The Hall–Kier alpha value is -1.43. The minimum absolute atomic E-state index is 0.315. The van der Waals surface area contributed by atoms with Gasteiger partial charge in [-0.25, -0.2) is 0 Å². The van der Waals surface area contributed by atoms with Gasteiger partial charge in [0.1, 0.15) is 5.75 Å². The summed E-state index contributed by atoms with van der Waals surface area (Å²) < 4.78 is 10.0. The molecule has 0 amide bonds. The van der Waals surface area contributed by atoms with Gasteiger partial charge >= 0.3 is 0 Å². The summed E-state index contributed by atoms with van der Waals surface area (Å²) in [6.07, 6.45) is 11.2. The van der Waals surface area contributed by atoms with E-state index in [1.165, 1.54) is 50.5 Å². The minimum Gasteiger partial charge on any atom is -0.493 e. The second kappa shape index (κ2) is 6.14. The second-order valence-corrected chi connectivity index (χ2v) is 8.38. The maximum absolute atomic E-state index is 6.34. The van der Waals surface area contributed by atoms with Gasteiger partial charge in [-0.05, 0) is 31.6 Å². The molecule has 2 aromatic heterocycles. The number of rotatable bonds is 5. The summed E-state index contributed by atoms with van der Waals surface area (Å²) in [6, 6.07) is 2.05. The zero-order chi connectivity index (χ0) is 16.7. The van der Waals surface area contributed by atoms with Crippen LogP contribution in [0.25, 0.3) is 5.65 Å². The summed E-state index contributed by atoms with van der Waals surface area (Å²) in [5, 5.41) is 8.50. The Morgan fingerprint density at radius 2 is 2.04 bits per heavy atom. The Labute approximate surface area is 148 Å². The number of fused-ring (bicyclic) bond motifs is 1. The number of anilines is 1. The molecule has 0 saturated heterocycles. The number of nitrogens with zero attached hydrogens (tertiary/aromatic N) is 4. The molecule has 2 aliphatic rings. The van der Waals surface area contributed by atoms with Crippen LogP contribution in [0, 0.1) is 5.41 Å². The Morgan fingerprint density at radius 1 is 1.29 bits per heavy atom. The highest BCUT2D eigenvalue weighted by Crippen LogP contribution is 2.45. The van der Waals surface area contributed by atoms with Crippen LogP contribution in [0.2, 0.25) is 0 Å². The number of hydrogen-bond donors (Lipinski definition) is 1. The third-order valence-electron chi connectivity index (χ3n) is 5.46. The maximum Gasteiger partial charge on any atom is 0.241 e. The first kappa shape index (κ1) is 16.1. The molecule has 0 radical (unpaired) electrons. The van der Waals surface area contributed by atoms with E-state index >= 15 is 0 Å². The molecule has 2 fully saturated rings. The SMILES string of the molecule is CN(S)c1nnc2cc(OCC3(C)CCCCC3)c(C3CC3)cn12. The molecule has 6 heteroatoms. The molecule has 0 bridgehead atoms. The topological polar surface area (TPSA) is 42.7 Å². The number of hydrogen-bond acceptors (Lipinski definition) is 5. The lowest BCUT2D eigenvalue weighted by Crippen LogP contribution is -2.27. The van der Waals surface area contributed by atoms with Crippen molar-refractivity contribution in [3.63, 3.8) is 0 Å². The predicted octanol–water partition coefficient (Wildman–Crippen LogP) is 4.24. The lowest BCUT2D eigenvalue weighted by molar-refractivity contribution is 0.115. The van der Waals surface area contributed by atoms with Gasteiger partial charge in [0.05, 0.1) is 6.61 Å². The van der Waals surface area contributed by atoms with Gasteiger partial charge in [-0.1, -0.05) is 39.0 Å². The van der Waals surface area contributed by atoms with Crippen LogP contribution in [0.5, 0.6) is 5.75 Å². The number of thiol groups is 1. The van der Waals surface area contributed by atoms with Crippen LogP contribution >= 0.6 is 12.8 Å². The number of aromatic nitrogens is 3. The molecule has 0 N–H and O–H groups in total. The molecule has 4 rings (SSSR count). The average molecular weight is 347 g/mol. The molecular weight excluding hydrogens is 320 g/mol. The molecule has 0 spiro atoms. The zero-order valence-electron chi connectivity index (χ0n) is 14.5. The van der Waals surface area contributed by atoms with Crippen molar-refractivity contribution >= 4 is 24.4 Å². The van der Waals surface area contributed by atoms with E-state index in [2.05, 4.69) is 36.1 Å². The number of pyridine rings is 1. The van der Waals surface area contributed by atoms with Crippen LogP contribution in [-0.4, -0.2) is 28.3 Å². The molecule has 0 unspecified atom stereocenters. The summed E-state index contributed by atoms with van der Waals surface area (Å²) in [4.78, 5) is 0. The largest absolute Gasteiger partial charge is 0.493 e. The van der Waals surface area contributed by atoms with Gasteiger partial charge in [0.25, 0.3) is 0 Å². The Bertz CT molecular complexity index is 732. The second-order valence-electron chi connectivity index (χ2n) is 7.78. The first-order valence-electron chi connectivity index (χ1n) is 9.00. The molecular formula is C18H26N4OS. The van der Waals surface area contributed by atoms with E-state index in [-0.39, 0.29) is 0 Å². The van der Waals surface area contributed by atoms with Gasteiger partial charge in [0.15, 0.2) is 5.65 Å². The number of ether oxygens (including phenoxy) is 1. The molecule has 0 aromatic carbocycles. The van der Waals surface area contributed by atoms with Crippen molar-refractivity contribution in [3.05, 3.63) is 17.8 Å². The van der Waals surface area contributed by atoms with Crippen LogP contribution in [0.4, 0.5) is 5.95 Å². The normalized spacial score (nSPS) is 20.3. The van der Waals surface area contributed by atoms with E-state index in [1.54, 1.807) is 4.31 Å². The standard InChI is InChI=1S/C18H26N4OS/c1-18(8-4-3-5-9-18)12-23-15-10-16-19-20-17(21(2)24)22(16)11-14(15)13-6-7-13/h10-11,13,24H,3-9,12H2,1-2H3. The molecule has 2 aliphatic carbocycles. The fraction of sp³-hybridized carbons (Fsp3) is 0.667. The van der Waals surface area contributed by atoms with E-state index in [0.29, 0.717) is 11.3 Å². The van der Waals surface area contributed by atoms with Crippen LogP contribution < -0.4 is 9.04 Å². The lowest BCUT2D eigenvalue weighted by atomic mass is 9.76. The molecule has 2 heterocycles. The third kappa shape index (κ3) is 3.08. The van der Waals surface area contributed by atoms with Gasteiger partial charge in [0, 0.05) is 30.3 Å². The van der Waals surface area contributed by atoms with Gasteiger partial charge in [0.2, 0.25) is 5.95 Å². The third-order valence-corrected chi connectivity index (χ3v) is 5.64. The van der Waals surface area contributed by atoms with Crippen molar-refractivity contribution in [2.24, 2.45) is 5.41 Å². The highest BCUT2D eigenvalue weighted by atomic mass is 32.1. The van der Waals surface area contributed by atoms with E-state index < -0.39 is 0 Å². The van der Waals surface area contributed by atoms with Crippen LogP contribution in [0.3, 0.4) is 0 Å². The van der Waals surface area contributed by atoms with Crippen molar-refractivity contribution in [1.29, 1.82) is 0 Å². The molecule has 2 aromatic rings. The fourth-order valence-electron chi connectivity index (χ4n) is 3.77. The van der Waals surface area contributed by atoms with Gasteiger partial charge in [-0.15, -0.1) is 10.2 Å². The average Bonchev–Trinajstić information content (AvgIpc) is 3.32. The molecule has 24 heavy (non-hydrogen) atoms. The first-order chi connectivity index (χ1) is 11.6. The van der Waals surface area contributed by atoms with Gasteiger partial charge in [-0.3, -0.25) is 8.71 Å². The van der Waals surface area contributed by atoms with Crippen LogP contribution in [0.1, 0.15) is 63.4 Å². The summed E-state index contributed by atoms with van der Waals surface area (Å²) >= 11 is 4.36. The quantitative estimate of drug-likeness (QED) is 0.823. The van der Waals surface area contributed by atoms with Gasteiger partial charge in [-0.2, -0.15) is 0 Å². The monoisotopic (exact) mass is 346 g/mol. The van der Waals surface area contributed by atoms with Crippen molar-refractivity contribution < 1.29 is 4.74 Å². The molecule has 130 valence electrons. The highest BCUT2D eigenvalue weighted by molar-refractivity contribution is 7.81. The molecule has 0 atom stereocenters. The predicted molar refractivity (Wildman–Crippen MR) is 99.0 cm³/mol. The van der Waals surface area contributed by atoms with Crippen LogP contribution in [0.15, 0.2) is 12.3 Å². The van der Waals surface area contributed by atoms with Crippen molar-refractivity contribution in [1.82, 2.24) is 14.6 Å².